The van der Waals surface area contributed by atoms with Crippen molar-refractivity contribution in [1.82, 2.24) is 10.2 Å². The van der Waals surface area contributed by atoms with E-state index >= 15 is 0 Å². The maximum absolute atomic E-state index is 13.0. The van der Waals surface area contributed by atoms with Crippen molar-refractivity contribution in [3.05, 3.63) is 64.7 Å². The number of hydrogen-bond acceptors (Lipinski definition) is 3. The topological polar surface area (TPSA) is 78.5 Å². The van der Waals surface area contributed by atoms with E-state index in [1.54, 1.807) is 31.2 Å². The maximum atomic E-state index is 13.0. The molecule has 1 aliphatic heterocycles. The lowest BCUT2D eigenvalue weighted by Crippen LogP contribution is -2.42. The maximum Gasteiger partial charge on any atom is 0.325 e. The lowest BCUT2D eigenvalue weighted by molar-refractivity contribution is -0.133. The molecule has 2 aromatic rings. The van der Waals surface area contributed by atoms with Crippen LogP contribution in [-0.2, 0) is 15.1 Å². The van der Waals surface area contributed by atoms with Gasteiger partial charge in [-0.05, 0) is 37.0 Å². The summed E-state index contributed by atoms with van der Waals surface area (Å²) in [4.78, 5) is 39.0. The number of benzene rings is 2. The van der Waals surface area contributed by atoms with Crippen molar-refractivity contribution in [2.75, 3.05) is 11.9 Å². The zero-order valence-corrected chi connectivity index (χ0v) is 17.4. The Morgan fingerprint density at radius 1 is 1.17 bits per heavy atom. The van der Waals surface area contributed by atoms with Crippen LogP contribution in [0.15, 0.2) is 48.5 Å². The second kappa shape index (κ2) is 8.25. The van der Waals surface area contributed by atoms with Crippen LogP contribution in [0.4, 0.5) is 10.5 Å². The van der Waals surface area contributed by atoms with Gasteiger partial charge in [0.1, 0.15) is 12.1 Å². The standard InChI is InChI=1S/C22H24ClN3O3/c1-4-14(2)15-9-5-8-12-18(15)24-19(27)13-26-20(28)22(3,25-21(26)29)16-10-6-7-11-17(16)23/h5-12,14H,4,13H2,1-3H3,(H,24,27)(H,25,29). The van der Waals surface area contributed by atoms with E-state index in [1.807, 2.05) is 24.3 Å². The third-order valence-corrected chi connectivity index (χ3v) is 5.70. The number of imide groups is 1. The minimum Gasteiger partial charge on any atom is -0.324 e. The minimum atomic E-state index is -1.32. The second-order valence-corrected chi connectivity index (χ2v) is 7.78. The summed E-state index contributed by atoms with van der Waals surface area (Å²) < 4.78 is 0. The minimum absolute atomic E-state index is 0.270. The Bertz CT molecular complexity index is 962. The summed E-state index contributed by atoms with van der Waals surface area (Å²) in [5, 5.41) is 5.87. The number of carbonyl (C=O) groups is 3. The molecule has 2 N–H and O–H groups in total. The first-order chi connectivity index (χ1) is 13.8. The molecular weight excluding hydrogens is 390 g/mol. The molecule has 4 amide bonds. The second-order valence-electron chi connectivity index (χ2n) is 7.37. The van der Waals surface area contributed by atoms with Gasteiger partial charge in [-0.3, -0.25) is 14.5 Å². The highest BCUT2D eigenvalue weighted by Crippen LogP contribution is 2.33. The molecule has 2 aromatic carbocycles. The molecule has 0 bridgehead atoms. The molecule has 6 nitrogen and oxygen atoms in total. The molecule has 3 rings (SSSR count). The molecule has 0 aromatic heterocycles. The monoisotopic (exact) mass is 413 g/mol. The molecule has 1 aliphatic rings. The molecule has 2 atom stereocenters. The van der Waals surface area contributed by atoms with Gasteiger partial charge >= 0.3 is 6.03 Å². The predicted molar refractivity (Wildman–Crippen MR) is 113 cm³/mol. The largest absolute Gasteiger partial charge is 0.325 e. The number of halogens is 1. The Balaban J connectivity index is 1.78. The number of rotatable bonds is 6. The molecule has 0 aliphatic carbocycles. The normalized spacial score (nSPS) is 19.8. The molecule has 0 saturated carbocycles. The fourth-order valence-electron chi connectivity index (χ4n) is 3.48. The van der Waals surface area contributed by atoms with E-state index in [9.17, 15) is 14.4 Å². The Morgan fingerprint density at radius 3 is 2.52 bits per heavy atom. The third-order valence-electron chi connectivity index (χ3n) is 5.37. The van der Waals surface area contributed by atoms with Gasteiger partial charge in [0, 0.05) is 16.3 Å². The van der Waals surface area contributed by atoms with Crippen molar-refractivity contribution in [2.24, 2.45) is 0 Å². The van der Waals surface area contributed by atoms with Crippen LogP contribution in [-0.4, -0.2) is 29.3 Å². The van der Waals surface area contributed by atoms with Crippen LogP contribution in [0.3, 0.4) is 0 Å². The van der Waals surface area contributed by atoms with E-state index < -0.39 is 23.4 Å². The average molecular weight is 414 g/mol. The number of amides is 4. The molecule has 1 saturated heterocycles. The van der Waals surface area contributed by atoms with Gasteiger partial charge in [0.05, 0.1) is 0 Å². The van der Waals surface area contributed by atoms with E-state index in [0.29, 0.717) is 16.3 Å². The van der Waals surface area contributed by atoms with E-state index in [0.717, 1.165) is 16.9 Å². The highest BCUT2D eigenvalue weighted by Gasteiger charge is 2.50. The quantitative estimate of drug-likeness (QED) is 0.694. The zero-order valence-electron chi connectivity index (χ0n) is 16.7. The van der Waals surface area contributed by atoms with Gasteiger partial charge in [-0.25, -0.2) is 4.79 Å². The molecule has 29 heavy (non-hydrogen) atoms. The van der Waals surface area contributed by atoms with Crippen molar-refractivity contribution in [3.63, 3.8) is 0 Å². The molecular formula is C22H24ClN3O3. The summed E-state index contributed by atoms with van der Waals surface area (Å²) in [6.07, 6.45) is 0.927. The number of anilines is 1. The number of nitrogens with zero attached hydrogens (tertiary/aromatic N) is 1. The molecule has 2 unspecified atom stereocenters. The number of hydrogen-bond donors (Lipinski definition) is 2. The zero-order chi connectivity index (χ0) is 21.2. The SMILES string of the molecule is CCC(C)c1ccccc1NC(=O)CN1C(=O)NC(C)(c2ccccc2Cl)C1=O. The molecule has 1 fully saturated rings. The molecule has 7 heteroatoms. The Labute approximate surface area is 175 Å². The van der Waals surface area contributed by atoms with E-state index in [4.69, 9.17) is 11.6 Å². The molecule has 1 heterocycles. The fraction of sp³-hybridized carbons (Fsp3) is 0.318. The van der Waals surface area contributed by atoms with Gasteiger partial charge in [0.15, 0.2) is 0 Å². The van der Waals surface area contributed by atoms with Crippen molar-refractivity contribution in [1.29, 1.82) is 0 Å². The summed E-state index contributed by atoms with van der Waals surface area (Å²) in [6, 6.07) is 13.7. The van der Waals surface area contributed by atoms with Crippen LogP contribution in [0.25, 0.3) is 0 Å². The van der Waals surface area contributed by atoms with Gasteiger partial charge in [0.25, 0.3) is 5.91 Å². The first-order valence-corrected chi connectivity index (χ1v) is 9.93. The van der Waals surface area contributed by atoms with Crippen LogP contribution in [0.2, 0.25) is 5.02 Å². The summed E-state index contributed by atoms with van der Waals surface area (Å²) in [5.74, 6) is -0.680. The lowest BCUT2D eigenvalue weighted by atomic mass is 9.92. The smallest absolute Gasteiger partial charge is 0.324 e. The van der Waals surface area contributed by atoms with Gasteiger partial charge < -0.3 is 10.6 Å². The lowest BCUT2D eigenvalue weighted by Gasteiger charge is -2.23. The number of nitrogens with one attached hydrogen (secondary N) is 2. The van der Waals surface area contributed by atoms with Crippen LogP contribution < -0.4 is 10.6 Å². The van der Waals surface area contributed by atoms with Gasteiger partial charge in [0.2, 0.25) is 5.91 Å². The van der Waals surface area contributed by atoms with Gasteiger partial charge in [-0.2, -0.15) is 0 Å². The molecule has 152 valence electrons. The predicted octanol–water partition coefficient (Wildman–Crippen LogP) is 4.26. The third kappa shape index (κ3) is 3.98. The van der Waals surface area contributed by atoms with E-state index in [2.05, 4.69) is 24.5 Å². The van der Waals surface area contributed by atoms with Crippen LogP contribution in [0, 0.1) is 0 Å². The molecule has 0 radical (unpaired) electrons. The first kappa shape index (κ1) is 20.9. The van der Waals surface area contributed by atoms with E-state index in [-0.39, 0.29) is 12.5 Å². The van der Waals surface area contributed by atoms with Crippen LogP contribution in [0.1, 0.15) is 44.2 Å². The van der Waals surface area contributed by atoms with Crippen LogP contribution in [0.5, 0.6) is 0 Å². The Hall–Kier alpha value is -2.86. The fourth-order valence-corrected chi connectivity index (χ4v) is 3.81. The summed E-state index contributed by atoms with van der Waals surface area (Å²) in [7, 11) is 0. The number of para-hydroxylation sites is 1. The Morgan fingerprint density at radius 2 is 1.83 bits per heavy atom. The van der Waals surface area contributed by atoms with Crippen LogP contribution >= 0.6 is 11.6 Å². The summed E-state index contributed by atoms with van der Waals surface area (Å²) >= 11 is 6.23. The van der Waals surface area contributed by atoms with Crippen molar-refractivity contribution < 1.29 is 14.4 Å². The Kier molecular flexibility index (Phi) is 5.94. The average Bonchev–Trinajstić information content (AvgIpc) is 2.92. The van der Waals surface area contributed by atoms with Gasteiger partial charge in [-0.15, -0.1) is 0 Å². The number of urea groups is 1. The highest BCUT2D eigenvalue weighted by atomic mass is 35.5. The summed E-state index contributed by atoms with van der Waals surface area (Å²) in [6.45, 7) is 5.37. The van der Waals surface area contributed by atoms with E-state index in [1.165, 1.54) is 0 Å². The summed E-state index contributed by atoms with van der Waals surface area (Å²) in [5.41, 5.74) is 0.879. The highest BCUT2D eigenvalue weighted by molar-refractivity contribution is 6.32. The number of carbonyl (C=O) groups excluding carboxylic acids is 3. The van der Waals surface area contributed by atoms with Crippen molar-refractivity contribution in [2.45, 2.75) is 38.6 Å². The van der Waals surface area contributed by atoms with Gasteiger partial charge in [-0.1, -0.05) is 61.8 Å². The molecule has 0 spiro atoms. The first-order valence-electron chi connectivity index (χ1n) is 9.55. The van der Waals surface area contributed by atoms with Crippen molar-refractivity contribution >= 4 is 35.1 Å². The van der Waals surface area contributed by atoms with Crippen molar-refractivity contribution in [3.8, 4) is 0 Å².